The third-order valence-electron chi connectivity index (χ3n) is 2.55. The van der Waals surface area contributed by atoms with Gasteiger partial charge in [0.25, 0.3) is 0 Å². The molecule has 1 aromatic carbocycles. The fourth-order valence-corrected chi connectivity index (χ4v) is 1.66. The normalized spacial score (nSPS) is 10.4. The molecule has 0 aliphatic rings. The number of nitrogens with zero attached hydrogens (tertiary/aromatic N) is 1. The van der Waals surface area contributed by atoms with Crippen molar-refractivity contribution in [1.29, 1.82) is 0 Å². The standard InChI is InChI=1S/C12H19NO3/c1-2-10-3-4-11(9-12(10)16)13(5-7-14)6-8-15/h3-4,9,14-16H,2,5-8H2,1H3. The first-order chi connectivity index (χ1) is 7.72. The van der Waals surface area contributed by atoms with Crippen molar-refractivity contribution in [1.82, 2.24) is 0 Å². The van der Waals surface area contributed by atoms with Gasteiger partial charge in [-0.05, 0) is 18.1 Å². The Labute approximate surface area is 95.8 Å². The molecule has 0 heterocycles. The van der Waals surface area contributed by atoms with Crippen LogP contribution in [0.25, 0.3) is 0 Å². The van der Waals surface area contributed by atoms with E-state index >= 15 is 0 Å². The highest BCUT2D eigenvalue weighted by molar-refractivity contribution is 5.53. The molecule has 0 atom stereocenters. The molecule has 1 rings (SSSR count). The predicted molar refractivity (Wildman–Crippen MR) is 63.9 cm³/mol. The summed E-state index contributed by atoms with van der Waals surface area (Å²) in [6.07, 6.45) is 0.784. The van der Waals surface area contributed by atoms with Crippen LogP contribution >= 0.6 is 0 Å². The third-order valence-corrected chi connectivity index (χ3v) is 2.55. The maximum absolute atomic E-state index is 9.73. The molecule has 90 valence electrons. The fraction of sp³-hybridized carbons (Fsp3) is 0.500. The second-order valence-corrected chi connectivity index (χ2v) is 3.60. The maximum atomic E-state index is 9.73. The third kappa shape index (κ3) is 3.12. The van der Waals surface area contributed by atoms with E-state index in [1.54, 1.807) is 6.07 Å². The molecule has 0 unspecified atom stereocenters. The Bertz CT molecular complexity index is 322. The zero-order valence-electron chi connectivity index (χ0n) is 9.56. The topological polar surface area (TPSA) is 63.9 Å². The summed E-state index contributed by atoms with van der Waals surface area (Å²) in [5.41, 5.74) is 1.72. The van der Waals surface area contributed by atoms with E-state index in [2.05, 4.69) is 0 Å². The van der Waals surface area contributed by atoms with E-state index < -0.39 is 0 Å². The number of hydrogen-bond acceptors (Lipinski definition) is 4. The van der Waals surface area contributed by atoms with Crippen LogP contribution in [0.3, 0.4) is 0 Å². The van der Waals surface area contributed by atoms with Gasteiger partial charge in [0, 0.05) is 24.8 Å². The molecular formula is C12H19NO3. The molecule has 0 amide bonds. The molecule has 3 N–H and O–H groups in total. The first-order valence-corrected chi connectivity index (χ1v) is 5.51. The molecule has 0 spiro atoms. The Kier molecular flexibility index (Phi) is 5.08. The summed E-state index contributed by atoms with van der Waals surface area (Å²) in [5.74, 6) is 0.265. The predicted octanol–water partition coefficient (Wildman–Crippen LogP) is 0.746. The Morgan fingerprint density at radius 2 is 1.75 bits per heavy atom. The van der Waals surface area contributed by atoms with Crippen LogP contribution in [0.2, 0.25) is 0 Å². The van der Waals surface area contributed by atoms with Crippen molar-refractivity contribution in [3.8, 4) is 5.75 Å². The fourth-order valence-electron chi connectivity index (χ4n) is 1.66. The van der Waals surface area contributed by atoms with Crippen molar-refractivity contribution in [2.45, 2.75) is 13.3 Å². The number of aliphatic hydroxyl groups is 2. The molecule has 0 aliphatic carbocycles. The molecule has 0 bridgehead atoms. The van der Waals surface area contributed by atoms with Gasteiger partial charge >= 0.3 is 0 Å². The number of phenols is 1. The second-order valence-electron chi connectivity index (χ2n) is 3.60. The summed E-state index contributed by atoms with van der Waals surface area (Å²) in [7, 11) is 0. The highest BCUT2D eigenvalue weighted by Crippen LogP contribution is 2.24. The number of hydrogen-bond donors (Lipinski definition) is 3. The molecule has 1 aromatic rings. The van der Waals surface area contributed by atoms with Crippen LogP contribution in [0.5, 0.6) is 5.75 Å². The summed E-state index contributed by atoms with van der Waals surface area (Å²) in [6, 6.07) is 5.43. The Balaban J connectivity index is 2.87. The highest BCUT2D eigenvalue weighted by atomic mass is 16.3. The SMILES string of the molecule is CCc1ccc(N(CCO)CCO)cc1O. The van der Waals surface area contributed by atoms with Gasteiger partial charge in [-0.2, -0.15) is 0 Å². The molecule has 0 saturated carbocycles. The van der Waals surface area contributed by atoms with Gasteiger partial charge in [-0.25, -0.2) is 0 Å². The van der Waals surface area contributed by atoms with Crippen molar-refractivity contribution in [2.24, 2.45) is 0 Å². The molecule has 0 fully saturated rings. The number of aromatic hydroxyl groups is 1. The van der Waals surface area contributed by atoms with Crippen LogP contribution in [-0.4, -0.2) is 41.6 Å². The molecular weight excluding hydrogens is 206 g/mol. The number of rotatable bonds is 6. The first kappa shape index (κ1) is 12.8. The van der Waals surface area contributed by atoms with Crippen LogP contribution < -0.4 is 4.90 Å². The summed E-state index contributed by atoms with van der Waals surface area (Å²) in [5, 5.41) is 27.5. The maximum Gasteiger partial charge on any atom is 0.120 e. The summed E-state index contributed by atoms with van der Waals surface area (Å²) >= 11 is 0. The molecule has 16 heavy (non-hydrogen) atoms. The molecule has 0 aromatic heterocycles. The van der Waals surface area contributed by atoms with E-state index in [9.17, 15) is 5.11 Å². The summed E-state index contributed by atoms with van der Waals surface area (Å²) in [4.78, 5) is 1.83. The van der Waals surface area contributed by atoms with Gasteiger partial charge in [0.15, 0.2) is 0 Å². The molecule has 4 heteroatoms. The molecule has 4 nitrogen and oxygen atoms in total. The minimum Gasteiger partial charge on any atom is -0.508 e. The van der Waals surface area contributed by atoms with E-state index in [-0.39, 0.29) is 19.0 Å². The lowest BCUT2D eigenvalue weighted by molar-refractivity contribution is 0.281. The van der Waals surface area contributed by atoms with Crippen LogP contribution in [0.4, 0.5) is 5.69 Å². The Hall–Kier alpha value is -1.26. The molecule has 0 saturated heterocycles. The second kappa shape index (κ2) is 6.35. The van der Waals surface area contributed by atoms with Gasteiger partial charge in [0.1, 0.15) is 5.75 Å². The van der Waals surface area contributed by atoms with Gasteiger partial charge in [0.2, 0.25) is 0 Å². The van der Waals surface area contributed by atoms with Crippen LogP contribution in [-0.2, 0) is 6.42 Å². The van der Waals surface area contributed by atoms with E-state index in [1.807, 2.05) is 24.0 Å². The largest absolute Gasteiger partial charge is 0.508 e. The van der Waals surface area contributed by atoms with Crippen molar-refractivity contribution < 1.29 is 15.3 Å². The zero-order chi connectivity index (χ0) is 12.0. The molecule has 0 radical (unpaired) electrons. The first-order valence-electron chi connectivity index (χ1n) is 5.51. The van der Waals surface area contributed by atoms with Crippen LogP contribution in [0.1, 0.15) is 12.5 Å². The van der Waals surface area contributed by atoms with E-state index in [1.165, 1.54) is 0 Å². The number of aliphatic hydroxyl groups excluding tert-OH is 2. The van der Waals surface area contributed by atoms with Crippen molar-refractivity contribution in [3.05, 3.63) is 23.8 Å². The van der Waals surface area contributed by atoms with Crippen molar-refractivity contribution in [2.75, 3.05) is 31.2 Å². The van der Waals surface area contributed by atoms with Gasteiger partial charge in [-0.15, -0.1) is 0 Å². The zero-order valence-corrected chi connectivity index (χ0v) is 9.56. The van der Waals surface area contributed by atoms with Gasteiger partial charge in [0.05, 0.1) is 13.2 Å². The molecule has 0 aliphatic heterocycles. The number of aryl methyl sites for hydroxylation is 1. The van der Waals surface area contributed by atoms with Gasteiger partial charge in [-0.1, -0.05) is 13.0 Å². The van der Waals surface area contributed by atoms with Crippen molar-refractivity contribution >= 4 is 5.69 Å². The van der Waals surface area contributed by atoms with Gasteiger partial charge < -0.3 is 20.2 Å². The average molecular weight is 225 g/mol. The Morgan fingerprint density at radius 1 is 1.12 bits per heavy atom. The number of benzene rings is 1. The van der Waals surface area contributed by atoms with E-state index in [0.717, 1.165) is 17.7 Å². The lowest BCUT2D eigenvalue weighted by Gasteiger charge is -2.23. The average Bonchev–Trinajstić information content (AvgIpc) is 2.28. The number of phenolic OH excluding ortho intramolecular Hbond substituents is 1. The van der Waals surface area contributed by atoms with E-state index in [0.29, 0.717) is 13.1 Å². The van der Waals surface area contributed by atoms with Crippen LogP contribution in [0.15, 0.2) is 18.2 Å². The summed E-state index contributed by atoms with van der Waals surface area (Å²) < 4.78 is 0. The quantitative estimate of drug-likeness (QED) is 0.668. The Morgan fingerprint density at radius 3 is 2.19 bits per heavy atom. The monoisotopic (exact) mass is 225 g/mol. The minimum absolute atomic E-state index is 0.0241. The van der Waals surface area contributed by atoms with Crippen LogP contribution in [0, 0.1) is 0 Å². The van der Waals surface area contributed by atoms with Gasteiger partial charge in [-0.3, -0.25) is 0 Å². The van der Waals surface area contributed by atoms with Crippen molar-refractivity contribution in [3.63, 3.8) is 0 Å². The smallest absolute Gasteiger partial charge is 0.120 e. The number of anilines is 1. The van der Waals surface area contributed by atoms with E-state index in [4.69, 9.17) is 10.2 Å². The highest BCUT2D eigenvalue weighted by Gasteiger charge is 2.07. The summed E-state index contributed by atoms with van der Waals surface area (Å²) in [6.45, 7) is 2.93. The lowest BCUT2D eigenvalue weighted by Crippen LogP contribution is -2.29. The minimum atomic E-state index is 0.0241. The lowest BCUT2D eigenvalue weighted by atomic mass is 10.1.